The number of hydrogen-bond donors (Lipinski definition) is 2. The molecule has 6 heteroatoms. The predicted molar refractivity (Wildman–Crippen MR) is 75.5 cm³/mol. The van der Waals surface area contributed by atoms with Crippen LogP contribution < -0.4 is 0 Å². The zero-order valence-electron chi connectivity index (χ0n) is 13.3. The number of ether oxygens (including phenoxy) is 4. The van der Waals surface area contributed by atoms with Crippen LogP contribution in [0.25, 0.3) is 0 Å². The highest BCUT2D eigenvalue weighted by molar-refractivity contribution is 4.86. The predicted octanol–water partition coefficient (Wildman–Crippen LogP) is 0.752. The largest absolute Gasteiger partial charge is 0.393 e. The Morgan fingerprint density at radius 1 is 0.714 bits per heavy atom. The highest BCUT2D eigenvalue weighted by atomic mass is 16.7. The van der Waals surface area contributed by atoms with Gasteiger partial charge in [0.15, 0.2) is 12.6 Å². The minimum Gasteiger partial charge on any atom is -0.393 e. The minimum absolute atomic E-state index is 0.0733. The van der Waals surface area contributed by atoms with Gasteiger partial charge in [-0.25, -0.2) is 0 Å². The number of aliphatic hydroxyl groups excluding tert-OH is 2. The van der Waals surface area contributed by atoms with Crippen molar-refractivity contribution in [2.45, 2.75) is 52.5 Å². The Kier molecular flexibility index (Phi) is 5.62. The van der Waals surface area contributed by atoms with Gasteiger partial charge in [-0.2, -0.15) is 0 Å². The van der Waals surface area contributed by atoms with Crippen LogP contribution in [-0.4, -0.2) is 61.4 Å². The molecular formula is C15H28O6. The van der Waals surface area contributed by atoms with Gasteiger partial charge in [0.1, 0.15) is 0 Å². The molecule has 124 valence electrons. The third kappa shape index (κ3) is 3.94. The molecule has 2 aliphatic heterocycles. The smallest absolute Gasteiger partial charge is 0.162 e. The Hall–Kier alpha value is -0.240. The first-order chi connectivity index (χ1) is 9.84. The molecule has 2 fully saturated rings. The zero-order chi connectivity index (χ0) is 15.6. The molecule has 2 aliphatic rings. The summed E-state index contributed by atoms with van der Waals surface area (Å²) in [4.78, 5) is 0. The molecule has 0 aromatic carbocycles. The topological polar surface area (TPSA) is 77.4 Å². The second kappa shape index (κ2) is 6.89. The molecule has 4 atom stereocenters. The van der Waals surface area contributed by atoms with Crippen molar-refractivity contribution in [3.8, 4) is 0 Å². The molecule has 0 radical (unpaired) electrons. The van der Waals surface area contributed by atoms with Crippen LogP contribution in [0.3, 0.4) is 0 Å². The summed E-state index contributed by atoms with van der Waals surface area (Å²) in [6.07, 6.45) is -1.71. The van der Waals surface area contributed by atoms with Crippen LogP contribution in [0.5, 0.6) is 0 Å². The summed E-state index contributed by atoms with van der Waals surface area (Å²) in [6.45, 7) is 9.24. The van der Waals surface area contributed by atoms with Gasteiger partial charge < -0.3 is 29.2 Å². The van der Waals surface area contributed by atoms with E-state index in [0.717, 1.165) is 0 Å². The van der Waals surface area contributed by atoms with Gasteiger partial charge in [-0.3, -0.25) is 0 Å². The first-order valence-electron chi connectivity index (χ1n) is 7.67. The Labute approximate surface area is 126 Å². The van der Waals surface area contributed by atoms with Crippen molar-refractivity contribution in [1.29, 1.82) is 0 Å². The molecule has 0 aliphatic carbocycles. The molecule has 6 nitrogen and oxygen atoms in total. The van der Waals surface area contributed by atoms with Crippen LogP contribution in [0, 0.1) is 17.3 Å². The minimum atomic E-state index is -0.473. The average Bonchev–Trinajstić information content (AvgIpc) is 2.47. The summed E-state index contributed by atoms with van der Waals surface area (Å²) in [5.74, 6) is -0.147. The summed E-state index contributed by atoms with van der Waals surface area (Å²) in [7, 11) is 0. The fourth-order valence-electron chi connectivity index (χ4n) is 2.44. The first kappa shape index (κ1) is 17.1. The fourth-order valence-corrected chi connectivity index (χ4v) is 2.44. The standard InChI is InChI=1S/C15H28O6/c1-9(11(3)16)13-18-5-15(6-19-13)7-20-14(21-8-15)10(2)12(4)17/h9-14,16-17H,5-8H2,1-4H3. The van der Waals surface area contributed by atoms with E-state index in [-0.39, 0.29) is 29.8 Å². The molecule has 0 aromatic heterocycles. The Balaban J connectivity index is 1.83. The fraction of sp³-hybridized carbons (Fsp3) is 1.00. The van der Waals surface area contributed by atoms with Crippen LogP contribution in [0.1, 0.15) is 27.7 Å². The van der Waals surface area contributed by atoms with E-state index in [2.05, 4.69) is 0 Å². The highest BCUT2D eigenvalue weighted by Crippen LogP contribution is 2.34. The lowest BCUT2D eigenvalue weighted by Crippen LogP contribution is -2.55. The molecule has 2 N–H and O–H groups in total. The second-order valence-corrected chi connectivity index (χ2v) is 6.68. The lowest BCUT2D eigenvalue weighted by molar-refractivity contribution is -0.323. The van der Waals surface area contributed by atoms with E-state index in [1.54, 1.807) is 13.8 Å². The van der Waals surface area contributed by atoms with Crippen molar-refractivity contribution in [1.82, 2.24) is 0 Å². The second-order valence-electron chi connectivity index (χ2n) is 6.68. The molecule has 2 heterocycles. The van der Waals surface area contributed by atoms with Gasteiger partial charge in [0.25, 0.3) is 0 Å². The Morgan fingerprint density at radius 2 is 1.00 bits per heavy atom. The third-order valence-corrected chi connectivity index (χ3v) is 4.60. The van der Waals surface area contributed by atoms with Crippen molar-refractivity contribution in [3.63, 3.8) is 0 Å². The summed E-state index contributed by atoms with van der Waals surface area (Å²) < 4.78 is 23.0. The van der Waals surface area contributed by atoms with Crippen molar-refractivity contribution >= 4 is 0 Å². The Bertz CT molecular complexity index is 281. The summed E-state index contributed by atoms with van der Waals surface area (Å²) >= 11 is 0. The SMILES string of the molecule is CC(O)C(C)C1OCC2(CO1)COC(C(C)C(C)O)OC2. The molecule has 0 aromatic rings. The maximum atomic E-state index is 9.59. The van der Waals surface area contributed by atoms with Gasteiger partial charge in [-0.1, -0.05) is 13.8 Å². The molecule has 2 rings (SSSR count). The molecule has 4 unspecified atom stereocenters. The van der Waals surface area contributed by atoms with Crippen LogP contribution in [-0.2, 0) is 18.9 Å². The Morgan fingerprint density at radius 3 is 1.24 bits per heavy atom. The maximum absolute atomic E-state index is 9.59. The lowest BCUT2D eigenvalue weighted by atomic mass is 9.89. The van der Waals surface area contributed by atoms with Crippen LogP contribution >= 0.6 is 0 Å². The van der Waals surface area contributed by atoms with E-state index in [9.17, 15) is 10.2 Å². The molecule has 0 bridgehead atoms. The maximum Gasteiger partial charge on any atom is 0.162 e. The van der Waals surface area contributed by atoms with E-state index >= 15 is 0 Å². The summed E-state index contributed by atoms with van der Waals surface area (Å²) in [5.41, 5.74) is -0.288. The summed E-state index contributed by atoms with van der Waals surface area (Å²) in [5, 5.41) is 19.2. The van der Waals surface area contributed by atoms with Crippen molar-refractivity contribution < 1.29 is 29.2 Å². The van der Waals surface area contributed by atoms with E-state index in [4.69, 9.17) is 18.9 Å². The van der Waals surface area contributed by atoms with E-state index in [0.29, 0.717) is 26.4 Å². The van der Waals surface area contributed by atoms with Crippen LogP contribution in [0.15, 0.2) is 0 Å². The van der Waals surface area contributed by atoms with E-state index in [1.807, 2.05) is 13.8 Å². The van der Waals surface area contributed by atoms with Gasteiger partial charge in [0, 0.05) is 11.8 Å². The molecule has 21 heavy (non-hydrogen) atoms. The normalized spacial score (nSPS) is 39.7. The molecule has 2 saturated heterocycles. The molecular weight excluding hydrogens is 276 g/mol. The number of hydrogen-bond acceptors (Lipinski definition) is 6. The number of rotatable bonds is 4. The van der Waals surface area contributed by atoms with Crippen LogP contribution in [0.2, 0.25) is 0 Å². The van der Waals surface area contributed by atoms with Crippen LogP contribution in [0.4, 0.5) is 0 Å². The van der Waals surface area contributed by atoms with Crippen molar-refractivity contribution in [2.75, 3.05) is 26.4 Å². The van der Waals surface area contributed by atoms with Crippen molar-refractivity contribution in [2.24, 2.45) is 17.3 Å². The quantitative estimate of drug-likeness (QED) is 0.798. The van der Waals surface area contributed by atoms with Gasteiger partial charge in [0.05, 0.1) is 44.1 Å². The molecule has 0 saturated carbocycles. The highest BCUT2D eigenvalue weighted by Gasteiger charge is 2.44. The monoisotopic (exact) mass is 304 g/mol. The lowest BCUT2D eigenvalue weighted by Gasteiger charge is -2.46. The first-order valence-corrected chi connectivity index (χ1v) is 7.67. The van der Waals surface area contributed by atoms with Crippen molar-refractivity contribution in [3.05, 3.63) is 0 Å². The average molecular weight is 304 g/mol. The molecule has 1 spiro atoms. The number of aliphatic hydroxyl groups is 2. The van der Waals surface area contributed by atoms with Gasteiger partial charge >= 0.3 is 0 Å². The van der Waals surface area contributed by atoms with Gasteiger partial charge in [0.2, 0.25) is 0 Å². The van der Waals surface area contributed by atoms with Gasteiger partial charge in [-0.05, 0) is 13.8 Å². The third-order valence-electron chi connectivity index (χ3n) is 4.60. The van der Waals surface area contributed by atoms with Gasteiger partial charge in [-0.15, -0.1) is 0 Å². The summed E-state index contributed by atoms with van der Waals surface area (Å²) in [6, 6.07) is 0. The van der Waals surface area contributed by atoms with E-state index < -0.39 is 12.2 Å². The van der Waals surface area contributed by atoms with E-state index in [1.165, 1.54) is 0 Å². The molecule has 0 amide bonds. The zero-order valence-corrected chi connectivity index (χ0v) is 13.3.